The summed E-state index contributed by atoms with van der Waals surface area (Å²) in [4.78, 5) is 11.0. The number of alkyl halides is 6. The van der Waals surface area contributed by atoms with E-state index >= 15 is 0 Å². The minimum absolute atomic E-state index is 0.0557. The smallest absolute Gasteiger partial charge is 0.426 e. The number of hydrogen-bond acceptors (Lipinski definition) is 3. The first-order valence-corrected chi connectivity index (χ1v) is 5.81. The Hall–Kier alpha value is -0.990. The number of hydrogen-bond donors (Lipinski definition) is 1. The van der Waals surface area contributed by atoms with Gasteiger partial charge in [-0.15, -0.1) is 0 Å². The molecule has 0 aromatic heterocycles. The van der Waals surface area contributed by atoms with Crippen molar-refractivity contribution in [3.8, 4) is 0 Å². The summed E-state index contributed by atoms with van der Waals surface area (Å²) in [6, 6.07) is 0. The number of aliphatic hydroxyl groups is 1. The number of carbonyl (C=O) groups excluding carboxylic acids is 1. The fourth-order valence-electron chi connectivity index (χ4n) is 1.43. The van der Waals surface area contributed by atoms with Gasteiger partial charge >= 0.3 is 18.3 Å². The summed E-state index contributed by atoms with van der Waals surface area (Å²) in [7, 11) is 0. The highest BCUT2D eigenvalue weighted by Crippen LogP contribution is 2.47. The lowest BCUT2D eigenvalue weighted by atomic mass is 9.87. The standard InChI is InChI=1S/C11H16F6O3/c1-4-8(18)20-7(3)6(2)5-9(19,10(12,13)14)11(15,16)17/h6-7,19H,4-5H2,1-3H3. The summed E-state index contributed by atoms with van der Waals surface area (Å²) >= 11 is 0. The average molecular weight is 310 g/mol. The van der Waals surface area contributed by atoms with Crippen LogP contribution in [-0.4, -0.2) is 35.1 Å². The van der Waals surface area contributed by atoms with Crippen molar-refractivity contribution >= 4 is 5.97 Å². The third-order valence-electron chi connectivity index (χ3n) is 2.96. The number of halogens is 6. The second kappa shape index (κ2) is 6.19. The molecule has 0 saturated carbocycles. The molecule has 2 atom stereocenters. The zero-order valence-corrected chi connectivity index (χ0v) is 11.1. The lowest BCUT2D eigenvalue weighted by Crippen LogP contribution is -2.58. The molecule has 0 aromatic carbocycles. The predicted octanol–water partition coefficient (Wildman–Crippen LogP) is 3.21. The van der Waals surface area contributed by atoms with E-state index < -0.39 is 42.4 Å². The van der Waals surface area contributed by atoms with Gasteiger partial charge in [-0.2, -0.15) is 26.3 Å². The SMILES string of the molecule is CCC(=O)OC(C)C(C)CC(O)(C(F)(F)F)C(F)(F)F. The fourth-order valence-corrected chi connectivity index (χ4v) is 1.43. The van der Waals surface area contributed by atoms with Crippen LogP contribution in [0.1, 0.15) is 33.6 Å². The molecule has 0 heterocycles. The molecule has 0 rings (SSSR count). The normalized spacial score (nSPS) is 16.7. The van der Waals surface area contributed by atoms with E-state index in [1.165, 1.54) is 13.8 Å². The van der Waals surface area contributed by atoms with Crippen LogP contribution in [0.4, 0.5) is 26.3 Å². The molecule has 0 aliphatic rings. The highest BCUT2D eigenvalue weighted by molar-refractivity contribution is 5.69. The molecule has 9 heteroatoms. The van der Waals surface area contributed by atoms with E-state index in [0.717, 1.165) is 6.92 Å². The Balaban J connectivity index is 5.07. The maximum atomic E-state index is 12.5. The van der Waals surface area contributed by atoms with Gasteiger partial charge in [0.15, 0.2) is 0 Å². The molecule has 0 saturated heterocycles. The second-order valence-electron chi connectivity index (χ2n) is 4.59. The largest absolute Gasteiger partial charge is 0.462 e. The molecule has 1 N–H and O–H groups in total. The van der Waals surface area contributed by atoms with Crippen molar-refractivity contribution in [3.63, 3.8) is 0 Å². The van der Waals surface area contributed by atoms with Crippen molar-refractivity contribution in [1.82, 2.24) is 0 Å². The summed E-state index contributed by atoms with van der Waals surface area (Å²) in [5, 5.41) is 9.00. The molecule has 0 aliphatic heterocycles. The summed E-state index contributed by atoms with van der Waals surface area (Å²) < 4.78 is 79.5. The lowest BCUT2D eigenvalue weighted by Gasteiger charge is -2.35. The number of carbonyl (C=O) groups is 1. The van der Waals surface area contributed by atoms with Crippen LogP contribution >= 0.6 is 0 Å². The molecular formula is C11H16F6O3. The van der Waals surface area contributed by atoms with E-state index in [1.807, 2.05) is 0 Å². The number of ether oxygens (including phenoxy) is 1. The molecule has 0 spiro atoms. The quantitative estimate of drug-likeness (QED) is 0.626. The first-order chi connectivity index (χ1) is 8.76. The van der Waals surface area contributed by atoms with E-state index in [9.17, 15) is 31.1 Å². The van der Waals surface area contributed by atoms with E-state index in [1.54, 1.807) is 0 Å². The predicted molar refractivity (Wildman–Crippen MR) is 56.7 cm³/mol. The van der Waals surface area contributed by atoms with Crippen molar-refractivity contribution in [2.24, 2.45) is 5.92 Å². The molecule has 0 bridgehead atoms. The van der Waals surface area contributed by atoms with Crippen LogP contribution in [0.5, 0.6) is 0 Å². The van der Waals surface area contributed by atoms with Gasteiger partial charge < -0.3 is 9.84 Å². The minimum atomic E-state index is -5.87. The second-order valence-corrected chi connectivity index (χ2v) is 4.59. The molecule has 20 heavy (non-hydrogen) atoms. The van der Waals surface area contributed by atoms with Crippen LogP contribution in [0, 0.1) is 5.92 Å². The van der Waals surface area contributed by atoms with Gasteiger partial charge in [-0.3, -0.25) is 4.79 Å². The summed E-state index contributed by atoms with van der Waals surface area (Å²) in [5.41, 5.74) is -4.83. The zero-order valence-electron chi connectivity index (χ0n) is 11.1. The lowest BCUT2D eigenvalue weighted by molar-refractivity contribution is -0.373. The van der Waals surface area contributed by atoms with Gasteiger partial charge in [0.1, 0.15) is 6.10 Å². The Morgan fingerprint density at radius 1 is 1.10 bits per heavy atom. The Labute approximate surface area is 111 Å². The Morgan fingerprint density at radius 2 is 1.50 bits per heavy atom. The van der Waals surface area contributed by atoms with E-state index in [4.69, 9.17) is 5.11 Å². The topological polar surface area (TPSA) is 46.5 Å². The van der Waals surface area contributed by atoms with Gasteiger partial charge in [0.05, 0.1) is 0 Å². The molecular weight excluding hydrogens is 294 g/mol. The highest BCUT2D eigenvalue weighted by Gasteiger charge is 2.70. The van der Waals surface area contributed by atoms with Crippen LogP contribution in [0.25, 0.3) is 0 Å². The van der Waals surface area contributed by atoms with E-state index in [0.29, 0.717) is 0 Å². The highest BCUT2D eigenvalue weighted by atomic mass is 19.4. The zero-order chi connectivity index (χ0) is 16.4. The summed E-state index contributed by atoms with van der Waals surface area (Å²) in [6.45, 7) is 3.64. The number of esters is 1. The first kappa shape index (κ1) is 19.0. The van der Waals surface area contributed by atoms with Crippen molar-refractivity contribution in [3.05, 3.63) is 0 Å². The molecule has 0 amide bonds. The third-order valence-corrected chi connectivity index (χ3v) is 2.96. The average Bonchev–Trinajstić information content (AvgIpc) is 2.25. The summed E-state index contributed by atoms with van der Waals surface area (Å²) in [5.74, 6) is -2.08. The van der Waals surface area contributed by atoms with Gasteiger partial charge in [0.2, 0.25) is 0 Å². The maximum absolute atomic E-state index is 12.5. The Bertz CT molecular complexity index is 322. The molecule has 0 aromatic rings. The molecule has 120 valence electrons. The fraction of sp³-hybridized carbons (Fsp3) is 0.909. The van der Waals surface area contributed by atoms with Gasteiger partial charge in [0, 0.05) is 12.8 Å². The number of rotatable bonds is 5. The van der Waals surface area contributed by atoms with E-state index in [-0.39, 0.29) is 6.42 Å². The van der Waals surface area contributed by atoms with Crippen molar-refractivity contribution in [1.29, 1.82) is 0 Å². The van der Waals surface area contributed by atoms with Crippen molar-refractivity contribution in [2.45, 2.75) is 57.7 Å². The van der Waals surface area contributed by atoms with Gasteiger partial charge in [-0.1, -0.05) is 13.8 Å². The van der Waals surface area contributed by atoms with Crippen molar-refractivity contribution in [2.75, 3.05) is 0 Å². The minimum Gasteiger partial charge on any atom is -0.462 e. The van der Waals surface area contributed by atoms with Crippen LogP contribution in [0.3, 0.4) is 0 Å². The summed E-state index contributed by atoms with van der Waals surface area (Å²) in [6.07, 6.45) is -14.6. The molecule has 0 radical (unpaired) electrons. The third kappa shape index (κ3) is 4.26. The van der Waals surface area contributed by atoms with Gasteiger partial charge in [-0.25, -0.2) is 0 Å². The van der Waals surface area contributed by atoms with Crippen LogP contribution in [0.2, 0.25) is 0 Å². The first-order valence-electron chi connectivity index (χ1n) is 5.81. The Morgan fingerprint density at radius 3 is 1.80 bits per heavy atom. The Kier molecular flexibility index (Phi) is 5.89. The molecule has 0 aliphatic carbocycles. The van der Waals surface area contributed by atoms with Crippen molar-refractivity contribution < 1.29 is 41.0 Å². The molecule has 0 fully saturated rings. The maximum Gasteiger partial charge on any atom is 0.426 e. The molecule has 2 unspecified atom stereocenters. The monoisotopic (exact) mass is 310 g/mol. The van der Waals surface area contributed by atoms with Crippen LogP contribution < -0.4 is 0 Å². The molecule has 3 nitrogen and oxygen atoms in total. The van der Waals surface area contributed by atoms with Gasteiger partial charge in [-0.05, 0) is 12.8 Å². The van der Waals surface area contributed by atoms with Crippen LogP contribution in [0.15, 0.2) is 0 Å². The van der Waals surface area contributed by atoms with Crippen LogP contribution in [-0.2, 0) is 9.53 Å². The van der Waals surface area contributed by atoms with E-state index in [2.05, 4.69) is 4.74 Å². The van der Waals surface area contributed by atoms with Gasteiger partial charge in [0.25, 0.3) is 5.60 Å².